The number of rotatable bonds is 4. The molecule has 18 heavy (non-hydrogen) atoms. The fourth-order valence-electron chi connectivity index (χ4n) is 1.55. The molecule has 5 heteroatoms. The molecule has 0 bridgehead atoms. The lowest BCUT2D eigenvalue weighted by atomic mass is 10.1. The number of carbonyl (C=O) groups is 1. The predicted octanol–water partition coefficient (Wildman–Crippen LogP) is 3.08. The quantitative estimate of drug-likeness (QED) is 0.907. The van der Waals surface area contributed by atoms with E-state index in [0.717, 1.165) is 14.2 Å². The molecule has 1 aromatic heterocycles. The van der Waals surface area contributed by atoms with Crippen LogP contribution in [0.2, 0.25) is 0 Å². The van der Waals surface area contributed by atoms with Crippen molar-refractivity contribution in [3.63, 3.8) is 0 Å². The number of phenolic OH excluding ortho intramolecular Hbond substituents is 1. The molecule has 2 N–H and O–H groups in total. The third-order valence-corrected chi connectivity index (χ3v) is 3.99. The molecule has 0 aliphatic rings. The number of benzene rings is 1. The number of halogens is 1. The van der Waals surface area contributed by atoms with E-state index in [1.54, 1.807) is 29.5 Å². The average molecular weight is 326 g/mol. The van der Waals surface area contributed by atoms with Gasteiger partial charge in [0.25, 0.3) is 0 Å². The molecule has 0 radical (unpaired) electrons. The average Bonchev–Trinajstić information content (AvgIpc) is 2.73. The zero-order valence-electron chi connectivity index (χ0n) is 9.52. The number of thiophene rings is 1. The number of hydrogen-bond acceptors (Lipinski definition) is 3. The lowest BCUT2D eigenvalue weighted by molar-refractivity contribution is -0.120. The van der Waals surface area contributed by atoms with Gasteiger partial charge in [-0.1, -0.05) is 12.1 Å². The maximum absolute atomic E-state index is 11.7. The van der Waals surface area contributed by atoms with Gasteiger partial charge in [0, 0.05) is 4.88 Å². The second-order valence-corrected chi connectivity index (χ2v) is 6.38. The number of aromatic hydroxyl groups is 1. The molecule has 1 aromatic carbocycles. The Kier molecular flexibility index (Phi) is 4.38. The van der Waals surface area contributed by atoms with E-state index in [4.69, 9.17) is 0 Å². The lowest BCUT2D eigenvalue weighted by Crippen LogP contribution is -2.24. The van der Waals surface area contributed by atoms with Crippen molar-refractivity contribution >= 4 is 33.2 Å². The van der Waals surface area contributed by atoms with Crippen LogP contribution in [0.1, 0.15) is 10.4 Å². The van der Waals surface area contributed by atoms with Gasteiger partial charge in [-0.05, 0) is 45.8 Å². The van der Waals surface area contributed by atoms with E-state index < -0.39 is 0 Å². The van der Waals surface area contributed by atoms with Crippen LogP contribution in [-0.2, 0) is 17.8 Å². The van der Waals surface area contributed by atoms with Crippen LogP contribution >= 0.6 is 27.3 Å². The largest absolute Gasteiger partial charge is 0.508 e. The molecule has 0 unspecified atom stereocenters. The molecule has 1 heterocycles. The molecule has 0 aliphatic heterocycles. The fourth-order valence-corrected chi connectivity index (χ4v) is 2.97. The second kappa shape index (κ2) is 6.02. The molecule has 0 spiro atoms. The SMILES string of the molecule is O=C(Cc1cccc(O)c1)NCc1ccc(Br)s1. The Balaban J connectivity index is 1.85. The molecule has 1 amide bonds. The van der Waals surface area contributed by atoms with Gasteiger partial charge in [0.1, 0.15) is 5.75 Å². The Morgan fingerprint density at radius 1 is 1.33 bits per heavy atom. The molecule has 0 aliphatic carbocycles. The van der Waals surface area contributed by atoms with Crippen molar-refractivity contribution in [1.29, 1.82) is 0 Å². The normalized spacial score (nSPS) is 10.3. The van der Waals surface area contributed by atoms with Gasteiger partial charge in [0.05, 0.1) is 16.8 Å². The monoisotopic (exact) mass is 325 g/mol. The number of hydrogen-bond donors (Lipinski definition) is 2. The van der Waals surface area contributed by atoms with Gasteiger partial charge in [0.15, 0.2) is 0 Å². The smallest absolute Gasteiger partial charge is 0.224 e. The van der Waals surface area contributed by atoms with Crippen molar-refractivity contribution in [2.75, 3.05) is 0 Å². The number of carbonyl (C=O) groups excluding carboxylic acids is 1. The van der Waals surface area contributed by atoms with Crippen LogP contribution in [-0.4, -0.2) is 11.0 Å². The van der Waals surface area contributed by atoms with Crippen molar-refractivity contribution in [3.8, 4) is 5.75 Å². The van der Waals surface area contributed by atoms with E-state index in [9.17, 15) is 9.90 Å². The summed E-state index contributed by atoms with van der Waals surface area (Å²) < 4.78 is 1.06. The first-order valence-electron chi connectivity index (χ1n) is 5.42. The Morgan fingerprint density at radius 3 is 2.83 bits per heavy atom. The summed E-state index contributed by atoms with van der Waals surface area (Å²) in [6, 6.07) is 10.7. The van der Waals surface area contributed by atoms with Gasteiger partial charge in [-0.2, -0.15) is 0 Å². The molecule has 0 saturated carbocycles. The highest BCUT2D eigenvalue weighted by Crippen LogP contribution is 2.21. The van der Waals surface area contributed by atoms with Crippen LogP contribution in [0.25, 0.3) is 0 Å². The van der Waals surface area contributed by atoms with Crippen molar-refractivity contribution in [3.05, 3.63) is 50.6 Å². The highest BCUT2D eigenvalue weighted by Gasteiger charge is 2.05. The first kappa shape index (κ1) is 13.1. The zero-order valence-corrected chi connectivity index (χ0v) is 11.9. The van der Waals surface area contributed by atoms with Crippen LogP contribution in [0.3, 0.4) is 0 Å². The van der Waals surface area contributed by atoms with E-state index in [2.05, 4.69) is 21.2 Å². The van der Waals surface area contributed by atoms with E-state index in [0.29, 0.717) is 6.54 Å². The summed E-state index contributed by atoms with van der Waals surface area (Å²) >= 11 is 4.98. The number of amides is 1. The summed E-state index contributed by atoms with van der Waals surface area (Å²) in [5, 5.41) is 12.2. The van der Waals surface area contributed by atoms with E-state index >= 15 is 0 Å². The van der Waals surface area contributed by atoms with Gasteiger partial charge in [0.2, 0.25) is 5.91 Å². The van der Waals surface area contributed by atoms with Crippen molar-refractivity contribution < 1.29 is 9.90 Å². The molecule has 0 saturated heterocycles. The number of nitrogens with one attached hydrogen (secondary N) is 1. The molecule has 3 nitrogen and oxygen atoms in total. The van der Waals surface area contributed by atoms with Crippen LogP contribution in [0.5, 0.6) is 5.75 Å². The third kappa shape index (κ3) is 3.85. The van der Waals surface area contributed by atoms with Crippen molar-refractivity contribution in [2.24, 2.45) is 0 Å². The summed E-state index contributed by atoms with van der Waals surface area (Å²) in [4.78, 5) is 12.8. The van der Waals surface area contributed by atoms with Crippen LogP contribution in [0.15, 0.2) is 40.2 Å². The summed E-state index contributed by atoms with van der Waals surface area (Å²) in [7, 11) is 0. The lowest BCUT2D eigenvalue weighted by Gasteiger charge is -2.04. The molecule has 2 rings (SSSR count). The van der Waals surface area contributed by atoms with Gasteiger partial charge in [-0.3, -0.25) is 4.79 Å². The minimum atomic E-state index is -0.0508. The topological polar surface area (TPSA) is 49.3 Å². The molecule has 0 fully saturated rings. The predicted molar refractivity (Wildman–Crippen MR) is 75.7 cm³/mol. The summed E-state index contributed by atoms with van der Waals surface area (Å²) in [6.45, 7) is 0.536. The summed E-state index contributed by atoms with van der Waals surface area (Å²) in [6.07, 6.45) is 0.279. The first-order chi connectivity index (χ1) is 8.63. The Hall–Kier alpha value is -1.33. The zero-order chi connectivity index (χ0) is 13.0. The number of phenols is 1. The highest BCUT2D eigenvalue weighted by atomic mass is 79.9. The van der Waals surface area contributed by atoms with Gasteiger partial charge in [-0.15, -0.1) is 11.3 Å². The Bertz CT molecular complexity index is 553. The summed E-state index contributed by atoms with van der Waals surface area (Å²) in [5.41, 5.74) is 0.805. The first-order valence-corrected chi connectivity index (χ1v) is 7.03. The van der Waals surface area contributed by atoms with Crippen molar-refractivity contribution in [1.82, 2.24) is 5.32 Å². The van der Waals surface area contributed by atoms with Crippen molar-refractivity contribution in [2.45, 2.75) is 13.0 Å². The minimum Gasteiger partial charge on any atom is -0.508 e. The van der Waals surface area contributed by atoms with Gasteiger partial charge in [-0.25, -0.2) is 0 Å². The molecular weight excluding hydrogens is 314 g/mol. The Labute approximate surface area is 118 Å². The van der Waals surface area contributed by atoms with Gasteiger partial charge < -0.3 is 10.4 Å². The highest BCUT2D eigenvalue weighted by molar-refractivity contribution is 9.11. The second-order valence-electron chi connectivity index (χ2n) is 3.83. The third-order valence-electron chi connectivity index (χ3n) is 2.36. The molecule has 2 aromatic rings. The van der Waals surface area contributed by atoms with E-state index in [1.807, 2.05) is 18.2 Å². The van der Waals surface area contributed by atoms with E-state index in [1.165, 1.54) is 0 Å². The standard InChI is InChI=1S/C13H12BrNO2S/c14-12-5-4-11(18-12)8-15-13(17)7-9-2-1-3-10(16)6-9/h1-6,16H,7-8H2,(H,15,17). The van der Waals surface area contributed by atoms with Crippen LogP contribution < -0.4 is 5.32 Å². The maximum Gasteiger partial charge on any atom is 0.224 e. The summed E-state index contributed by atoms with van der Waals surface area (Å²) in [5.74, 6) is 0.132. The maximum atomic E-state index is 11.7. The van der Waals surface area contributed by atoms with Crippen LogP contribution in [0.4, 0.5) is 0 Å². The fraction of sp³-hybridized carbons (Fsp3) is 0.154. The van der Waals surface area contributed by atoms with E-state index in [-0.39, 0.29) is 18.1 Å². The molecule has 94 valence electrons. The van der Waals surface area contributed by atoms with Crippen LogP contribution in [0, 0.1) is 0 Å². The van der Waals surface area contributed by atoms with Gasteiger partial charge >= 0.3 is 0 Å². The molecular formula is C13H12BrNO2S. The minimum absolute atomic E-state index is 0.0508. The molecule has 0 atom stereocenters. The Morgan fingerprint density at radius 2 is 2.17 bits per heavy atom.